The fourth-order valence-corrected chi connectivity index (χ4v) is 9.94. The van der Waals surface area contributed by atoms with E-state index in [4.69, 9.17) is 9.47 Å². The van der Waals surface area contributed by atoms with Crippen LogP contribution < -0.4 is 19.3 Å². The van der Waals surface area contributed by atoms with Crippen molar-refractivity contribution in [3.63, 3.8) is 0 Å². The van der Waals surface area contributed by atoms with E-state index in [0.29, 0.717) is 5.92 Å². The maximum atomic E-state index is 5.65. The zero-order valence-electron chi connectivity index (χ0n) is 31.5. The van der Waals surface area contributed by atoms with Crippen LogP contribution in [0.15, 0.2) is 208 Å². The summed E-state index contributed by atoms with van der Waals surface area (Å²) in [6.45, 7) is 0. The maximum absolute atomic E-state index is 5.65. The lowest BCUT2D eigenvalue weighted by Gasteiger charge is -2.43. The van der Waals surface area contributed by atoms with Gasteiger partial charge in [-0.3, -0.25) is 0 Å². The molecule has 0 bridgehead atoms. The third-order valence-corrected chi connectivity index (χ3v) is 12.4. The van der Waals surface area contributed by atoms with Gasteiger partial charge in [0.15, 0.2) is 0 Å². The highest BCUT2D eigenvalue weighted by molar-refractivity contribution is 9.10. The summed E-state index contributed by atoms with van der Waals surface area (Å²) in [6.07, 6.45) is 20.5. The summed E-state index contributed by atoms with van der Waals surface area (Å²) in [5.41, 5.74) is 11.7. The van der Waals surface area contributed by atoms with E-state index in [1.165, 1.54) is 54.6 Å². The molecule has 0 saturated carbocycles. The number of nitrogens with zero attached hydrogens (tertiary/aromatic N) is 2. The second-order valence-corrected chi connectivity index (χ2v) is 15.9. The molecular formula is C52H37BrN2O2. The Labute approximate surface area is 340 Å². The Hall–Kier alpha value is -6.56. The SMILES string of the molecule is COc1ccc(N(C2=C3C=CC=C4C=CC5=CC=CC(=C2)C5C43)c2cc(Br)cc(N(c3ccc(OC)cc3)c3cc4cccc5ccc6cccc3c6c54)c2)cc1. The van der Waals surface area contributed by atoms with E-state index < -0.39 is 0 Å². The number of methoxy groups -OCH3 is 2. The van der Waals surface area contributed by atoms with Crippen molar-refractivity contribution in [1.82, 2.24) is 0 Å². The van der Waals surface area contributed by atoms with Gasteiger partial charge in [-0.1, -0.05) is 113 Å². The minimum Gasteiger partial charge on any atom is -0.497 e. The zero-order valence-corrected chi connectivity index (χ0v) is 33.1. The third-order valence-electron chi connectivity index (χ3n) is 12.0. The molecule has 274 valence electrons. The highest BCUT2D eigenvalue weighted by Gasteiger charge is 2.40. The van der Waals surface area contributed by atoms with Crippen molar-refractivity contribution in [2.24, 2.45) is 11.8 Å². The second kappa shape index (κ2) is 13.3. The number of halogens is 1. The minimum atomic E-state index is 0.227. The Balaban J connectivity index is 1.17. The molecule has 0 spiro atoms. The first kappa shape index (κ1) is 33.8. The average Bonchev–Trinajstić information content (AvgIpc) is 3.26. The van der Waals surface area contributed by atoms with Crippen LogP contribution in [0, 0.1) is 11.8 Å². The van der Waals surface area contributed by atoms with Crippen LogP contribution in [0.5, 0.6) is 11.5 Å². The number of hydrogen-bond acceptors (Lipinski definition) is 4. The number of benzene rings is 7. The van der Waals surface area contributed by atoms with Crippen molar-refractivity contribution in [2.45, 2.75) is 0 Å². The molecule has 4 aliphatic carbocycles. The first-order chi connectivity index (χ1) is 28.1. The first-order valence-corrected chi connectivity index (χ1v) is 20.1. The Morgan fingerprint density at radius 3 is 1.81 bits per heavy atom. The summed E-state index contributed by atoms with van der Waals surface area (Å²) in [5.74, 6) is 2.15. The van der Waals surface area contributed by atoms with E-state index >= 15 is 0 Å². The molecule has 0 aromatic heterocycles. The van der Waals surface area contributed by atoms with Gasteiger partial charge >= 0.3 is 0 Å². The van der Waals surface area contributed by atoms with Crippen LogP contribution >= 0.6 is 15.9 Å². The van der Waals surface area contributed by atoms with Crippen molar-refractivity contribution in [1.29, 1.82) is 0 Å². The van der Waals surface area contributed by atoms with Gasteiger partial charge in [0, 0.05) is 44.4 Å². The summed E-state index contributed by atoms with van der Waals surface area (Å²) >= 11 is 4.02. The summed E-state index contributed by atoms with van der Waals surface area (Å²) in [6, 6.07) is 43.7. The Bertz CT molecular complexity index is 3000. The Morgan fingerprint density at radius 2 is 1.11 bits per heavy atom. The number of allylic oxidation sites excluding steroid dienone is 13. The number of rotatable bonds is 8. The number of anilines is 5. The van der Waals surface area contributed by atoms with Gasteiger partial charge in [0.25, 0.3) is 0 Å². The average molecular weight is 802 g/mol. The lowest BCUT2D eigenvalue weighted by Crippen LogP contribution is -2.32. The fraction of sp³-hybridized carbons (Fsp3) is 0.0769. The quantitative estimate of drug-likeness (QED) is 0.143. The Morgan fingerprint density at radius 1 is 0.509 bits per heavy atom. The standard InChI is InChI=1S/C52H37BrN2O2/c1-56-43-23-19-39(20-24-43)54(47-27-36-11-3-7-32-15-17-34-9-5-13-45(47)51(34)49(32)36)41-29-38(53)30-42(31-41)55(40-21-25-44(57-2)26-22-40)48-28-37-12-4-8-33-16-18-35-10-6-14-46(48)52(35)50(33)37/h3-31,49,51H,1-2H3. The molecule has 7 aromatic carbocycles. The van der Waals surface area contributed by atoms with Crippen LogP contribution in [-0.4, -0.2) is 14.2 Å². The molecule has 2 unspecified atom stereocenters. The molecule has 4 aliphatic rings. The summed E-state index contributed by atoms with van der Waals surface area (Å²) < 4.78 is 12.3. The van der Waals surface area contributed by atoms with E-state index in [1.807, 2.05) is 24.3 Å². The zero-order chi connectivity index (χ0) is 38.2. The predicted octanol–water partition coefficient (Wildman–Crippen LogP) is 14.0. The molecule has 0 radical (unpaired) electrons. The molecule has 0 aliphatic heterocycles. The molecule has 0 fully saturated rings. The maximum Gasteiger partial charge on any atom is 0.119 e. The van der Waals surface area contributed by atoms with Crippen molar-refractivity contribution < 1.29 is 9.47 Å². The van der Waals surface area contributed by atoms with Gasteiger partial charge in [-0.05, 0) is 128 Å². The first-order valence-electron chi connectivity index (χ1n) is 19.3. The molecular weight excluding hydrogens is 764 g/mol. The largest absolute Gasteiger partial charge is 0.497 e. The minimum absolute atomic E-state index is 0.227. The predicted molar refractivity (Wildman–Crippen MR) is 240 cm³/mol. The van der Waals surface area contributed by atoms with Crippen LogP contribution in [0.2, 0.25) is 0 Å². The van der Waals surface area contributed by atoms with Gasteiger partial charge in [0.1, 0.15) is 11.5 Å². The number of ether oxygens (including phenoxy) is 2. The molecule has 0 amide bonds. The van der Waals surface area contributed by atoms with Crippen LogP contribution in [0.4, 0.5) is 28.4 Å². The highest BCUT2D eigenvalue weighted by atomic mass is 79.9. The summed E-state index contributed by atoms with van der Waals surface area (Å²) in [5, 5.41) is 7.44. The van der Waals surface area contributed by atoms with Crippen molar-refractivity contribution in [2.75, 3.05) is 24.0 Å². The molecule has 7 aromatic rings. The van der Waals surface area contributed by atoms with Crippen molar-refractivity contribution in [3.05, 3.63) is 208 Å². The van der Waals surface area contributed by atoms with Crippen LogP contribution in [-0.2, 0) is 0 Å². The van der Waals surface area contributed by atoms with Gasteiger partial charge in [0.05, 0.1) is 25.6 Å². The number of hydrogen-bond donors (Lipinski definition) is 0. The van der Waals surface area contributed by atoms with Crippen LogP contribution in [0.3, 0.4) is 0 Å². The molecule has 11 rings (SSSR count). The Kier molecular flexibility index (Phi) is 7.87. The molecule has 4 nitrogen and oxygen atoms in total. The van der Waals surface area contributed by atoms with Crippen LogP contribution in [0.25, 0.3) is 32.3 Å². The van der Waals surface area contributed by atoms with E-state index in [-0.39, 0.29) is 5.92 Å². The van der Waals surface area contributed by atoms with Gasteiger partial charge in [0.2, 0.25) is 0 Å². The van der Waals surface area contributed by atoms with Crippen molar-refractivity contribution in [3.8, 4) is 11.5 Å². The molecule has 5 heteroatoms. The molecule has 0 saturated heterocycles. The lowest BCUT2D eigenvalue weighted by atomic mass is 9.64. The normalized spacial score (nSPS) is 17.8. The van der Waals surface area contributed by atoms with Gasteiger partial charge in [-0.2, -0.15) is 0 Å². The van der Waals surface area contributed by atoms with E-state index in [0.717, 1.165) is 50.1 Å². The van der Waals surface area contributed by atoms with Crippen molar-refractivity contribution >= 4 is 76.7 Å². The molecule has 57 heavy (non-hydrogen) atoms. The molecule has 0 heterocycles. The summed E-state index contributed by atoms with van der Waals surface area (Å²) in [7, 11) is 3.43. The third kappa shape index (κ3) is 5.41. The monoisotopic (exact) mass is 800 g/mol. The summed E-state index contributed by atoms with van der Waals surface area (Å²) in [4.78, 5) is 4.81. The van der Waals surface area contributed by atoms with E-state index in [9.17, 15) is 0 Å². The van der Waals surface area contributed by atoms with Gasteiger partial charge in [-0.25, -0.2) is 0 Å². The fourth-order valence-electron chi connectivity index (χ4n) is 9.47. The smallest absolute Gasteiger partial charge is 0.119 e. The van der Waals surface area contributed by atoms with E-state index in [1.54, 1.807) is 14.2 Å². The molecule has 2 atom stereocenters. The molecule has 0 N–H and O–H groups in total. The topological polar surface area (TPSA) is 24.9 Å². The second-order valence-electron chi connectivity index (χ2n) is 15.0. The highest BCUT2D eigenvalue weighted by Crippen LogP contribution is 2.53. The van der Waals surface area contributed by atoms with Gasteiger partial charge in [-0.15, -0.1) is 0 Å². The van der Waals surface area contributed by atoms with Crippen LogP contribution in [0.1, 0.15) is 0 Å². The van der Waals surface area contributed by atoms with E-state index in [2.05, 4.69) is 177 Å². The lowest BCUT2D eigenvalue weighted by molar-refractivity contribution is 0.414. The van der Waals surface area contributed by atoms with Gasteiger partial charge < -0.3 is 19.3 Å².